The van der Waals surface area contributed by atoms with Gasteiger partial charge in [-0.1, -0.05) is 12.1 Å². The Hall–Kier alpha value is -3.88. The van der Waals surface area contributed by atoms with E-state index >= 15 is 0 Å². The molecule has 0 atom stereocenters. The summed E-state index contributed by atoms with van der Waals surface area (Å²) in [5.74, 6) is -0.185. The van der Waals surface area contributed by atoms with Gasteiger partial charge in [-0.2, -0.15) is 13.2 Å². The maximum absolute atomic E-state index is 12.9. The van der Waals surface area contributed by atoms with E-state index in [4.69, 9.17) is 4.74 Å². The number of aromatic nitrogens is 1. The molecule has 0 aliphatic carbocycles. The number of ether oxygens (including phenoxy) is 1. The van der Waals surface area contributed by atoms with Crippen molar-refractivity contribution in [1.82, 2.24) is 9.88 Å². The molecule has 0 bridgehead atoms. The van der Waals surface area contributed by atoms with Gasteiger partial charge in [-0.3, -0.25) is 14.6 Å². The standard InChI is InChI=1S/C25H22F3N3O3/c26-25(27,28)19-6-1-4-17(14-19)23(32)30-20-7-2-8-22(15-20)34-21-9-12-31(13-10-21)24(33)18-5-3-11-29-16-18/h1-8,11,14-16,21H,9-10,12-13H2,(H,30,32). The van der Waals surface area contributed by atoms with E-state index in [-0.39, 0.29) is 17.6 Å². The third kappa shape index (κ3) is 5.72. The van der Waals surface area contributed by atoms with Gasteiger partial charge < -0.3 is 15.0 Å². The Morgan fingerprint density at radius 3 is 2.41 bits per heavy atom. The number of alkyl halides is 3. The summed E-state index contributed by atoms with van der Waals surface area (Å²) in [4.78, 5) is 30.7. The Bertz CT molecular complexity index is 1160. The predicted octanol–water partition coefficient (Wildman–Crippen LogP) is 5.04. The smallest absolute Gasteiger partial charge is 0.416 e. The largest absolute Gasteiger partial charge is 0.490 e. The SMILES string of the molecule is O=C(Nc1cccc(OC2CCN(C(=O)c3cccnc3)CC2)c1)c1cccc(C(F)(F)F)c1. The van der Waals surface area contributed by atoms with Crippen molar-refractivity contribution in [3.8, 4) is 5.75 Å². The lowest BCUT2D eigenvalue weighted by molar-refractivity contribution is -0.137. The highest BCUT2D eigenvalue weighted by Crippen LogP contribution is 2.30. The number of anilines is 1. The molecule has 1 aliphatic heterocycles. The maximum atomic E-state index is 12.9. The van der Waals surface area contributed by atoms with E-state index in [1.54, 1.807) is 53.7 Å². The molecule has 3 aromatic rings. The molecule has 0 spiro atoms. The molecule has 2 amide bonds. The Kier molecular flexibility index (Phi) is 6.81. The van der Waals surface area contributed by atoms with Crippen molar-refractivity contribution in [1.29, 1.82) is 0 Å². The molecule has 2 heterocycles. The molecule has 1 aliphatic rings. The Morgan fingerprint density at radius 2 is 1.71 bits per heavy atom. The number of piperidine rings is 1. The number of rotatable bonds is 5. The van der Waals surface area contributed by atoms with Crippen LogP contribution in [-0.2, 0) is 6.18 Å². The number of carbonyl (C=O) groups excluding carboxylic acids is 2. The van der Waals surface area contributed by atoms with Gasteiger partial charge in [-0.15, -0.1) is 0 Å². The van der Waals surface area contributed by atoms with Crippen molar-refractivity contribution in [3.05, 3.63) is 89.7 Å². The summed E-state index contributed by atoms with van der Waals surface area (Å²) in [5.41, 5.74) is -0.0208. The molecule has 34 heavy (non-hydrogen) atoms. The van der Waals surface area contributed by atoms with E-state index < -0.39 is 17.6 Å². The molecule has 176 valence electrons. The van der Waals surface area contributed by atoms with E-state index in [9.17, 15) is 22.8 Å². The zero-order valence-electron chi connectivity index (χ0n) is 18.1. The molecule has 1 N–H and O–H groups in total. The van der Waals surface area contributed by atoms with Crippen molar-refractivity contribution >= 4 is 17.5 Å². The van der Waals surface area contributed by atoms with Crippen molar-refractivity contribution in [2.75, 3.05) is 18.4 Å². The molecular weight excluding hydrogens is 447 g/mol. The van der Waals surface area contributed by atoms with Crippen LogP contribution in [-0.4, -0.2) is 40.9 Å². The lowest BCUT2D eigenvalue weighted by atomic mass is 10.1. The fourth-order valence-electron chi connectivity index (χ4n) is 3.73. The van der Waals surface area contributed by atoms with Crippen LogP contribution in [0.3, 0.4) is 0 Å². The average Bonchev–Trinajstić information content (AvgIpc) is 2.84. The first-order chi connectivity index (χ1) is 16.3. The minimum atomic E-state index is -4.53. The number of nitrogens with zero attached hydrogens (tertiary/aromatic N) is 2. The number of likely N-dealkylation sites (tertiary alicyclic amines) is 1. The monoisotopic (exact) mass is 469 g/mol. The van der Waals surface area contributed by atoms with E-state index in [0.717, 1.165) is 12.1 Å². The summed E-state index contributed by atoms with van der Waals surface area (Å²) >= 11 is 0. The van der Waals surface area contributed by atoms with Crippen LogP contribution in [0.5, 0.6) is 5.75 Å². The predicted molar refractivity (Wildman–Crippen MR) is 120 cm³/mol. The number of benzene rings is 2. The first-order valence-electron chi connectivity index (χ1n) is 10.7. The number of nitrogens with one attached hydrogen (secondary N) is 1. The Balaban J connectivity index is 1.34. The van der Waals surface area contributed by atoms with Crippen molar-refractivity contribution in [3.63, 3.8) is 0 Å². The molecule has 4 rings (SSSR count). The molecule has 6 nitrogen and oxygen atoms in total. The number of halogens is 3. The average molecular weight is 469 g/mol. The Labute approximate surface area is 194 Å². The van der Waals surface area contributed by atoms with Gasteiger partial charge in [-0.05, 0) is 42.5 Å². The summed E-state index contributed by atoms with van der Waals surface area (Å²) in [7, 11) is 0. The first-order valence-corrected chi connectivity index (χ1v) is 10.7. The summed E-state index contributed by atoms with van der Waals surface area (Å²) in [5, 5.41) is 2.61. The molecule has 0 saturated carbocycles. The molecule has 1 aromatic heterocycles. The fourth-order valence-corrected chi connectivity index (χ4v) is 3.73. The van der Waals surface area contributed by atoms with Crippen LogP contribution in [0, 0.1) is 0 Å². The number of pyridine rings is 1. The third-order valence-electron chi connectivity index (χ3n) is 5.48. The first kappa shape index (κ1) is 23.3. The van der Waals surface area contributed by atoms with Crippen LogP contribution in [0.1, 0.15) is 39.1 Å². The zero-order valence-corrected chi connectivity index (χ0v) is 18.1. The van der Waals surface area contributed by atoms with Gasteiger partial charge in [0.1, 0.15) is 11.9 Å². The normalized spacial score (nSPS) is 14.5. The zero-order chi connectivity index (χ0) is 24.1. The highest BCUT2D eigenvalue weighted by atomic mass is 19.4. The highest BCUT2D eigenvalue weighted by Gasteiger charge is 2.31. The van der Waals surface area contributed by atoms with Crippen LogP contribution in [0.4, 0.5) is 18.9 Å². The van der Waals surface area contributed by atoms with E-state index in [2.05, 4.69) is 10.3 Å². The highest BCUT2D eigenvalue weighted by molar-refractivity contribution is 6.04. The van der Waals surface area contributed by atoms with Gasteiger partial charge in [0.2, 0.25) is 0 Å². The fraction of sp³-hybridized carbons (Fsp3) is 0.240. The second-order valence-electron chi connectivity index (χ2n) is 7.91. The quantitative estimate of drug-likeness (QED) is 0.569. The van der Waals surface area contributed by atoms with Gasteiger partial charge in [0, 0.05) is 55.6 Å². The lowest BCUT2D eigenvalue weighted by Crippen LogP contribution is -2.41. The van der Waals surface area contributed by atoms with Gasteiger partial charge in [0.25, 0.3) is 11.8 Å². The topological polar surface area (TPSA) is 71.5 Å². The van der Waals surface area contributed by atoms with E-state index in [1.165, 1.54) is 12.1 Å². The summed E-state index contributed by atoms with van der Waals surface area (Å²) in [6, 6.07) is 14.4. The van der Waals surface area contributed by atoms with Crippen LogP contribution in [0.15, 0.2) is 73.1 Å². The number of amides is 2. The number of hydrogen-bond acceptors (Lipinski definition) is 4. The lowest BCUT2D eigenvalue weighted by Gasteiger charge is -2.32. The van der Waals surface area contributed by atoms with Gasteiger partial charge in [-0.25, -0.2) is 0 Å². The summed E-state index contributed by atoms with van der Waals surface area (Å²) in [6.45, 7) is 1.09. The van der Waals surface area contributed by atoms with Crippen molar-refractivity contribution in [2.45, 2.75) is 25.1 Å². The Morgan fingerprint density at radius 1 is 0.971 bits per heavy atom. The summed E-state index contributed by atoms with van der Waals surface area (Å²) in [6.07, 6.45) is -0.175. The molecular formula is C25H22F3N3O3. The van der Waals surface area contributed by atoms with Gasteiger partial charge in [0.15, 0.2) is 0 Å². The minimum absolute atomic E-state index is 0.0640. The van der Waals surface area contributed by atoms with E-state index in [1.807, 2.05) is 0 Å². The van der Waals surface area contributed by atoms with E-state index in [0.29, 0.717) is 42.9 Å². The van der Waals surface area contributed by atoms with Crippen LogP contribution in [0.25, 0.3) is 0 Å². The molecule has 9 heteroatoms. The number of carbonyl (C=O) groups is 2. The second kappa shape index (κ2) is 9.94. The molecule has 0 radical (unpaired) electrons. The number of hydrogen-bond donors (Lipinski definition) is 1. The van der Waals surface area contributed by atoms with Crippen molar-refractivity contribution < 1.29 is 27.5 Å². The minimum Gasteiger partial charge on any atom is -0.490 e. The van der Waals surface area contributed by atoms with Crippen molar-refractivity contribution in [2.24, 2.45) is 0 Å². The molecule has 2 aromatic carbocycles. The second-order valence-corrected chi connectivity index (χ2v) is 7.91. The van der Waals surface area contributed by atoms with Gasteiger partial charge in [0.05, 0.1) is 11.1 Å². The summed E-state index contributed by atoms with van der Waals surface area (Å²) < 4.78 is 44.8. The molecule has 1 fully saturated rings. The van der Waals surface area contributed by atoms with Crippen LogP contribution in [0.2, 0.25) is 0 Å². The van der Waals surface area contributed by atoms with Gasteiger partial charge >= 0.3 is 6.18 Å². The maximum Gasteiger partial charge on any atom is 0.416 e. The third-order valence-corrected chi connectivity index (χ3v) is 5.48. The molecule has 1 saturated heterocycles. The van der Waals surface area contributed by atoms with Crippen LogP contribution < -0.4 is 10.1 Å². The van der Waals surface area contributed by atoms with Crippen LogP contribution >= 0.6 is 0 Å². The molecule has 0 unspecified atom stereocenters.